The highest BCUT2D eigenvalue weighted by molar-refractivity contribution is 5.85. The van der Waals surface area contributed by atoms with E-state index in [1.54, 1.807) is 4.68 Å². The van der Waals surface area contributed by atoms with Gasteiger partial charge in [0.25, 0.3) is 0 Å². The summed E-state index contributed by atoms with van der Waals surface area (Å²) in [4.78, 5) is 11.8. The van der Waals surface area contributed by atoms with Gasteiger partial charge in [-0.05, 0) is 51.8 Å². The minimum Gasteiger partial charge on any atom is -0.354 e. The zero-order chi connectivity index (χ0) is 13.0. The molecule has 0 radical (unpaired) electrons. The van der Waals surface area contributed by atoms with Crippen LogP contribution in [-0.2, 0) is 11.3 Å². The SMILES string of the molecule is Cc1cc(C)n(CC(=O)NCCC2CCNC2)n1.Cl.Cl. The molecule has 0 saturated carbocycles. The summed E-state index contributed by atoms with van der Waals surface area (Å²) in [5, 5.41) is 10.6. The van der Waals surface area contributed by atoms with Crippen LogP contribution in [0.4, 0.5) is 0 Å². The third-order valence-electron chi connectivity index (χ3n) is 3.43. The average Bonchev–Trinajstić information content (AvgIpc) is 2.90. The first-order valence-corrected chi connectivity index (χ1v) is 6.63. The maximum Gasteiger partial charge on any atom is 0.241 e. The third-order valence-corrected chi connectivity index (χ3v) is 3.43. The molecule has 20 heavy (non-hydrogen) atoms. The van der Waals surface area contributed by atoms with Crippen molar-refractivity contribution < 1.29 is 4.79 Å². The minimum atomic E-state index is 0. The number of rotatable bonds is 5. The van der Waals surface area contributed by atoms with Gasteiger partial charge in [0.15, 0.2) is 0 Å². The number of nitrogens with zero attached hydrogens (tertiary/aromatic N) is 2. The lowest BCUT2D eigenvalue weighted by Crippen LogP contribution is -2.30. The van der Waals surface area contributed by atoms with Crippen molar-refractivity contribution in [3.63, 3.8) is 0 Å². The monoisotopic (exact) mass is 322 g/mol. The third kappa shape index (κ3) is 5.69. The lowest BCUT2D eigenvalue weighted by atomic mass is 10.1. The molecule has 1 amide bonds. The van der Waals surface area contributed by atoms with Gasteiger partial charge in [-0.15, -0.1) is 24.8 Å². The molecule has 2 heterocycles. The molecular formula is C13H24Cl2N4O. The molecule has 0 bridgehead atoms. The summed E-state index contributed by atoms with van der Waals surface area (Å²) in [7, 11) is 0. The van der Waals surface area contributed by atoms with E-state index in [2.05, 4.69) is 15.7 Å². The second-order valence-electron chi connectivity index (χ2n) is 5.08. The lowest BCUT2D eigenvalue weighted by molar-refractivity contribution is -0.121. The van der Waals surface area contributed by atoms with Crippen molar-refractivity contribution in [1.82, 2.24) is 20.4 Å². The molecule has 1 aliphatic rings. The molecule has 0 spiro atoms. The molecule has 1 aliphatic heterocycles. The Balaban J connectivity index is 0.00000180. The van der Waals surface area contributed by atoms with E-state index in [9.17, 15) is 4.79 Å². The fourth-order valence-electron chi connectivity index (χ4n) is 2.40. The van der Waals surface area contributed by atoms with Crippen molar-refractivity contribution >= 4 is 30.7 Å². The fourth-order valence-corrected chi connectivity index (χ4v) is 2.40. The molecule has 0 aromatic carbocycles. The number of aryl methyl sites for hydroxylation is 2. The summed E-state index contributed by atoms with van der Waals surface area (Å²) >= 11 is 0. The van der Waals surface area contributed by atoms with Gasteiger partial charge in [0.1, 0.15) is 6.54 Å². The van der Waals surface area contributed by atoms with Crippen LogP contribution in [0.3, 0.4) is 0 Å². The van der Waals surface area contributed by atoms with Gasteiger partial charge in [-0.2, -0.15) is 5.10 Å². The van der Waals surface area contributed by atoms with E-state index in [1.165, 1.54) is 6.42 Å². The zero-order valence-electron chi connectivity index (χ0n) is 12.0. The number of carbonyl (C=O) groups is 1. The highest BCUT2D eigenvalue weighted by Crippen LogP contribution is 2.10. The van der Waals surface area contributed by atoms with Gasteiger partial charge in [-0.25, -0.2) is 0 Å². The van der Waals surface area contributed by atoms with Crippen molar-refractivity contribution in [3.8, 4) is 0 Å². The summed E-state index contributed by atoms with van der Waals surface area (Å²) in [6.45, 7) is 7.21. The average molecular weight is 323 g/mol. The first-order valence-electron chi connectivity index (χ1n) is 6.63. The molecular weight excluding hydrogens is 299 g/mol. The number of carbonyl (C=O) groups excluding carboxylic acids is 1. The van der Waals surface area contributed by atoms with E-state index in [1.807, 2.05) is 19.9 Å². The Bertz CT molecular complexity index is 417. The minimum absolute atomic E-state index is 0. The highest BCUT2D eigenvalue weighted by Gasteiger charge is 2.14. The van der Waals surface area contributed by atoms with Crippen molar-refractivity contribution in [1.29, 1.82) is 0 Å². The Morgan fingerprint density at radius 1 is 1.50 bits per heavy atom. The molecule has 0 aliphatic carbocycles. The first-order chi connectivity index (χ1) is 8.65. The number of amides is 1. The van der Waals surface area contributed by atoms with Crippen LogP contribution in [0.1, 0.15) is 24.2 Å². The molecule has 1 aromatic rings. The molecule has 2 N–H and O–H groups in total. The van der Waals surface area contributed by atoms with Crippen LogP contribution in [0.15, 0.2) is 6.07 Å². The van der Waals surface area contributed by atoms with Crippen LogP contribution in [0.25, 0.3) is 0 Å². The fraction of sp³-hybridized carbons (Fsp3) is 0.692. The Morgan fingerprint density at radius 3 is 2.80 bits per heavy atom. The first kappa shape index (κ1) is 19.2. The van der Waals surface area contributed by atoms with Gasteiger partial charge in [-0.3, -0.25) is 9.48 Å². The summed E-state index contributed by atoms with van der Waals surface area (Å²) in [6.07, 6.45) is 2.29. The van der Waals surface area contributed by atoms with Gasteiger partial charge < -0.3 is 10.6 Å². The van der Waals surface area contributed by atoms with Crippen LogP contribution >= 0.6 is 24.8 Å². The molecule has 1 atom stereocenters. The Labute approximate surface area is 132 Å². The van der Waals surface area contributed by atoms with Crippen molar-refractivity contribution in [2.45, 2.75) is 33.2 Å². The molecule has 1 saturated heterocycles. The predicted octanol–water partition coefficient (Wildman–Crippen LogP) is 1.46. The van der Waals surface area contributed by atoms with E-state index >= 15 is 0 Å². The number of hydrogen-bond acceptors (Lipinski definition) is 3. The number of aromatic nitrogens is 2. The van der Waals surface area contributed by atoms with Crippen LogP contribution in [0.5, 0.6) is 0 Å². The summed E-state index contributed by atoms with van der Waals surface area (Å²) in [5.41, 5.74) is 1.99. The molecule has 2 rings (SSSR count). The van der Waals surface area contributed by atoms with E-state index in [0.717, 1.165) is 43.4 Å². The summed E-state index contributed by atoms with van der Waals surface area (Å²) in [5.74, 6) is 0.770. The van der Waals surface area contributed by atoms with E-state index < -0.39 is 0 Å². The van der Waals surface area contributed by atoms with E-state index in [-0.39, 0.29) is 30.7 Å². The van der Waals surface area contributed by atoms with Gasteiger partial charge >= 0.3 is 0 Å². The van der Waals surface area contributed by atoms with Crippen LogP contribution in [0.2, 0.25) is 0 Å². The molecule has 5 nitrogen and oxygen atoms in total. The van der Waals surface area contributed by atoms with Gasteiger partial charge in [0.2, 0.25) is 5.91 Å². The van der Waals surface area contributed by atoms with Crippen molar-refractivity contribution in [3.05, 3.63) is 17.5 Å². The zero-order valence-corrected chi connectivity index (χ0v) is 13.6. The summed E-state index contributed by atoms with van der Waals surface area (Å²) in [6, 6.07) is 1.98. The predicted molar refractivity (Wildman–Crippen MR) is 84.8 cm³/mol. The van der Waals surface area contributed by atoms with E-state index in [0.29, 0.717) is 6.54 Å². The Morgan fingerprint density at radius 2 is 2.25 bits per heavy atom. The highest BCUT2D eigenvalue weighted by atomic mass is 35.5. The molecule has 116 valence electrons. The number of halogens is 2. The molecule has 1 fully saturated rings. The molecule has 7 heteroatoms. The second-order valence-corrected chi connectivity index (χ2v) is 5.08. The van der Waals surface area contributed by atoms with Gasteiger partial charge in [0, 0.05) is 12.2 Å². The van der Waals surface area contributed by atoms with E-state index in [4.69, 9.17) is 0 Å². The van der Waals surface area contributed by atoms with Gasteiger partial charge in [-0.1, -0.05) is 0 Å². The van der Waals surface area contributed by atoms with Gasteiger partial charge in [0.05, 0.1) is 5.69 Å². The molecule has 1 unspecified atom stereocenters. The van der Waals surface area contributed by atoms with Crippen LogP contribution in [0, 0.1) is 19.8 Å². The second kappa shape index (κ2) is 9.21. The maximum atomic E-state index is 11.8. The Kier molecular flexibility index (Phi) is 8.85. The van der Waals surface area contributed by atoms with Crippen LogP contribution in [-0.4, -0.2) is 35.3 Å². The summed E-state index contributed by atoms with van der Waals surface area (Å²) < 4.78 is 1.75. The standard InChI is InChI=1S/C13H22N4O.2ClH/c1-10-7-11(2)17(16-10)9-13(18)15-6-4-12-3-5-14-8-12;;/h7,12,14H,3-6,8-9H2,1-2H3,(H,15,18);2*1H. The smallest absolute Gasteiger partial charge is 0.241 e. The van der Waals surface area contributed by atoms with Crippen molar-refractivity contribution in [2.75, 3.05) is 19.6 Å². The lowest BCUT2D eigenvalue weighted by Gasteiger charge is -2.10. The number of hydrogen-bond donors (Lipinski definition) is 2. The Hall–Kier alpha value is -0.780. The topological polar surface area (TPSA) is 59.0 Å². The maximum absolute atomic E-state index is 11.8. The quantitative estimate of drug-likeness (QED) is 0.862. The normalized spacial score (nSPS) is 17.2. The molecule has 1 aromatic heterocycles. The number of nitrogens with one attached hydrogen (secondary N) is 2. The van der Waals surface area contributed by atoms with Crippen molar-refractivity contribution in [2.24, 2.45) is 5.92 Å². The largest absolute Gasteiger partial charge is 0.354 e. The van der Waals surface area contributed by atoms with Crippen LogP contribution < -0.4 is 10.6 Å².